The number of aryl methyl sites for hydroxylation is 1. The SMILES string of the molecule is CC[C@@H](C(=O)NC(C)(C)C)N(Cc1ccc(C)cc1)C(=O)CSc1ccc(Cl)cc1. The summed E-state index contributed by atoms with van der Waals surface area (Å²) in [6, 6.07) is 15.0. The summed E-state index contributed by atoms with van der Waals surface area (Å²) < 4.78 is 0. The Morgan fingerprint density at radius 1 is 1.07 bits per heavy atom. The molecule has 0 heterocycles. The fourth-order valence-corrected chi connectivity index (χ4v) is 3.93. The Morgan fingerprint density at radius 3 is 2.20 bits per heavy atom. The summed E-state index contributed by atoms with van der Waals surface area (Å²) in [5, 5.41) is 3.69. The first-order chi connectivity index (χ1) is 14.1. The number of nitrogens with zero attached hydrogens (tertiary/aromatic N) is 1. The molecule has 4 nitrogen and oxygen atoms in total. The lowest BCUT2D eigenvalue weighted by molar-refractivity contribution is -0.140. The van der Waals surface area contributed by atoms with E-state index in [9.17, 15) is 9.59 Å². The van der Waals surface area contributed by atoms with E-state index in [0.717, 1.165) is 16.0 Å². The highest BCUT2D eigenvalue weighted by molar-refractivity contribution is 8.00. The van der Waals surface area contributed by atoms with Gasteiger partial charge < -0.3 is 10.2 Å². The molecule has 0 spiro atoms. The number of hydrogen-bond acceptors (Lipinski definition) is 3. The molecule has 0 unspecified atom stereocenters. The number of hydrogen-bond donors (Lipinski definition) is 1. The molecule has 0 fully saturated rings. The van der Waals surface area contributed by atoms with Gasteiger partial charge in [0.1, 0.15) is 6.04 Å². The third-order valence-corrected chi connectivity index (χ3v) is 5.78. The van der Waals surface area contributed by atoms with E-state index in [4.69, 9.17) is 11.6 Å². The number of rotatable bonds is 8. The monoisotopic (exact) mass is 446 g/mol. The van der Waals surface area contributed by atoms with Crippen LogP contribution in [-0.4, -0.2) is 34.0 Å². The molecule has 1 N–H and O–H groups in total. The highest BCUT2D eigenvalue weighted by Crippen LogP contribution is 2.22. The Kier molecular flexibility index (Phi) is 8.80. The number of amides is 2. The van der Waals surface area contributed by atoms with Crippen molar-refractivity contribution in [2.45, 2.75) is 64.1 Å². The largest absolute Gasteiger partial charge is 0.350 e. The molecule has 0 aliphatic carbocycles. The fraction of sp³-hybridized carbons (Fsp3) is 0.417. The number of carbonyl (C=O) groups is 2. The average Bonchev–Trinajstić information content (AvgIpc) is 2.67. The van der Waals surface area contributed by atoms with Crippen molar-refractivity contribution in [2.75, 3.05) is 5.75 Å². The second-order valence-corrected chi connectivity index (χ2v) is 9.90. The van der Waals surface area contributed by atoms with E-state index in [2.05, 4.69) is 5.32 Å². The molecule has 0 radical (unpaired) electrons. The number of halogens is 1. The quantitative estimate of drug-likeness (QED) is 0.547. The van der Waals surface area contributed by atoms with Crippen molar-refractivity contribution in [3.8, 4) is 0 Å². The van der Waals surface area contributed by atoms with Crippen molar-refractivity contribution in [3.63, 3.8) is 0 Å². The van der Waals surface area contributed by atoms with Crippen LogP contribution in [0.3, 0.4) is 0 Å². The zero-order valence-corrected chi connectivity index (χ0v) is 19.9. The van der Waals surface area contributed by atoms with Crippen molar-refractivity contribution in [2.24, 2.45) is 0 Å². The van der Waals surface area contributed by atoms with Crippen LogP contribution in [0.25, 0.3) is 0 Å². The van der Waals surface area contributed by atoms with E-state index in [1.54, 1.807) is 4.90 Å². The van der Waals surface area contributed by atoms with Crippen molar-refractivity contribution >= 4 is 35.2 Å². The second-order valence-electron chi connectivity index (χ2n) is 8.41. The van der Waals surface area contributed by atoms with Gasteiger partial charge >= 0.3 is 0 Å². The van der Waals surface area contributed by atoms with Gasteiger partial charge in [-0.1, -0.05) is 48.4 Å². The first kappa shape index (κ1) is 24.3. The molecular weight excluding hydrogens is 416 g/mol. The summed E-state index contributed by atoms with van der Waals surface area (Å²) in [5.41, 5.74) is 1.81. The summed E-state index contributed by atoms with van der Waals surface area (Å²) in [7, 11) is 0. The Balaban J connectivity index is 2.21. The Morgan fingerprint density at radius 2 is 1.67 bits per heavy atom. The summed E-state index contributed by atoms with van der Waals surface area (Å²) in [6.45, 7) is 10.2. The van der Waals surface area contributed by atoms with Gasteiger partial charge in [-0.05, 0) is 63.9 Å². The molecule has 2 rings (SSSR count). The van der Waals surface area contributed by atoms with E-state index in [0.29, 0.717) is 18.0 Å². The van der Waals surface area contributed by atoms with Crippen molar-refractivity contribution in [3.05, 3.63) is 64.7 Å². The van der Waals surface area contributed by atoms with Crippen molar-refractivity contribution < 1.29 is 9.59 Å². The minimum Gasteiger partial charge on any atom is -0.350 e. The predicted molar refractivity (Wildman–Crippen MR) is 126 cm³/mol. The van der Waals surface area contributed by atoms with Crippen LogP contribution in [0.15, 0.2) is 53.4 Å². The lowest BCUT2D eigenvalue weighted by Gasteiger charge is -2.33. The molecule has 1 atom stereocenters. The normalized spacial score (nSPS) is 12.3. The lowest BCUT2D eigenvalue weighted by Crippen LogP contribution is -2.53. The number of thioether (sulfide) groups is 1. The summed E-state index contributed by atoms with van der Waals surface area (Å²) in [5.74, 6) is 0.0701. The molecule has 0 aliphatic rings. The second kappa shape index (κ2) is 10.9. The number of benzene rings is 2. The molecule has 2 aromatic carbocycles. The molecule has 2 amide bonds. The van der Waals surface area contributed by atoms with Gasteiger partial charge in [-0.3, -0.25) is 9.59 Å². The van der Waals surface area contributed by atoms with Gasteiger partial charge in [0, 0.05) is 22.0 Å². The third-order valence-electron chi connectivity index (χ3n) is 4.53. The maximum absolute atomic E-state index is 13.2. The van der Waals surface area contributed by atoms with E-state index in [-0.39, 0.29) is 23.1 Å². The van der Waals surface area contributed by atoms with Crippen LogP contribution in [0.4, 0.5) is 0 Å². The molecule has 0 aromatic heterocycles. The van der Waals surface area contributed by atoms with Crippen LogP contribution in [-0.2, 0) is 16.1 Å². The molecule has 162 valence electrons. The summed E-state index contributed by atoms with van der Waals surface area (Å²) in [4.78, 5) is 28.9. The maximum atomic E-state index is 13.2. The van der Waals surface area contributed by atoms with Crippen LogP contribution < -0.4 is 5.32 Å². The van der Waals surface area contributed by atoms with Crippen LogP contribution in [0.2, 0.25) is 5.02 Å². The van der Waals surface area contributed by atoms with Crippen molar-refractivity contribution in [1.29, 1.82) is 0 Å². The number of nitrogens with one attached hydrogen (secondary N) is 1. The van der Waals surface area contributed by atoms with Gasteiger partial charge in [0.05, 0.1) is 5.75 Å². The molecule has 6 heteroatoms. The first-order valence-corrected chi connectivity index (χ1v) is 11.5. The molecule has 2 aromatic rings. The van der Waals surface area contributed by atoms with E-state index >= 15 is 0 Å². The first-order valence-electron chi connectivity index (χ1n) is 10.1. The van der Waals surface area contributed by atoms with Gasteiger partial charge in [-0.2, -0.15) is 0 Å². The maximum Gasteiger partial charge on any atom is 0.243 e. The van der Waals surface area contributed by atoms with Gasteiger partial charge in [-0.15, -0.1) is 11.8 Å². The molecule has 0 saturated heterocycles. The Bertz CT molecular complexity index is 845. The van der Waals surface area contributed by atoms with Crippen LogP contribution in [0.1, 0.15) is 45.2 Å². The smallest absolute Gasteiger partial charge is 0.243 e. The van der Waals surface area contributed by atoms with E-state index in [1.165, 1.54) is 11.8 Å². The van der Waals surface area contributed by atoms with E-state index in [1.807, 2.05) is 83.1 Å². The highest BCUT2D eigenvalue weighted by atomic mass is 35.5. The van der Waals surface area contributed by atoms with Crippen molar-refractivity contribution in [1.82, 2.24) is 10.2 Å². The highest BCUT2D eigenvalue weighted by Gasteiger charge is 2.30. The molecular formula is C24H31ClN2O2S. The van der Waals surface area contributed by atoms with Gasteiger partial charge in [0.25, 0.3) is 0 Å². The predicted octanol–water partition coefficient (Wildman–Crippen LogP) is 5.46. The lowest BCUT2D eigenvalue weighted by atomic mass is 10.1. The zero-order chi connectivity index (χ0) is 22.3. The Labute approximate surface area is 189 Å². The number of carbonyl (C=O) groups excluding carboxylic acids is 2. The molecule has 0 saturated carbocycles. The van der Waals surface area contributed by atoms with Gasteiger partial charge in [0.2, 0.25) is 11.8 Å². The topological polar surface area (TPSA) is 49.4 Å². The van der Waals surface area contributed by atoms with Crippen LogP contribution >= 0.6 is 23.4 Å². The van der Waals surface area contributed by atoms with E-state index < -0.39 is 6.04 Å². The summed E-state index contributed by atoms with van der Waals surface area (Å²) >= 11 is 7.40. The van der Waals surface area contributed by atoms with Crippen LogP contribution in [0.5, 0.6) is 0 Å². The average molecular weight is 447 g/mol. The minimum atomic E-state index is -0.524. The summed E-state index contributed by atoms with van der Waals surface area (Å²) in [6.07, 6.45) is 0.547. The molecule has 0 aliphatic heterocycles. The van der Waals surface area contributed by atoms with Crippen LogP contribution in [0, 0.1) is 6.92 Å². The minimum absolute atomic E-state index is 0.0635. The fourth-order valence-electron chi connectivity index (χ4n) is 3.02. The third kappa shape index (κ3) is 7.69. The van der Waals surface area contributed by atoms with Gasteiger partial charge in [0.15, 0.2) is 0 Å². The van der Waals surface area contributed by atoms with Gasteiger partial charge in [-0.25, -0.2) is 0 Å². The molecule has 0 bridgehead atoms. The standard InChI is InChI=1S/C24H31ClN2O2S/c1-6-21(23(29)26-24(3,4)5)27(15-18-9-7-17(2)8-10-18)22(28)16-30-20-13-11-19(25)12-14-20/h7-14,21H,6,15-16H2,1-5H3,(H,26,29)/t21-/m0/s1. The molecule has 30 heavy (non-hydrogen) atoms. The Hall–Kier alpha value is -1.98. The zero-order valence-electron chi connectivity index (χ0n) is 18.4.